The molecular weight excluding hydrogens is 419 g/mol. The number of carboxylic acid groups (broad SMARTS) is 1. The van der Waals surface area contributed by atoms with E-state index in [0.717, 1.165) is 22.8 Å². The molecule has 6 nitrogen and oxygen atoms in total. The van der Waals surface area contributed by atoms with Crippen LogP contribution in [0.4, 0.5) is 5.69 Å². The number of rotatable bonds is 10. The molecule has 1 aromatic rings. The summed E-state index contributed by atoms with van der Waals surface area (Å²) >= 11 is 2.27. The van der Waals surface area contributed by atoms with Gasteiger partial charge in [-0.25, -0.2) is 8.42 Å². The Labute approximate surface area is 144 Å². The Balaban J connectivity index is 2.54. The fraction of sp³-hybridized carbons (Fsp3) is 0.500. The average molecular weight is 440 g/mol. The lowest BCUT2D eigenvalue weighted by Gasteiger charge is -2.10. The van der Waals surface area contributed by atoms with Gasteiger partial charge in [0.15, 0.2) is 0 Å². The second kappa shape index (κ2) is 9.31. The van der Waals surface area contributed by atoms with Gasteiger partial charge in [-0.05, 0) is 41.4 Å². The van der Waals surface area contributed by atoms with Crippen LogP contribution in [-0.2, 0) is 21.2 Å². The van der Waals surface area contributed by atoms with E-state index in [1.165, 1.54) is 0 Å². The van der Waals surface area contributed by atoms with Crippen LogP contribution in [0.3, 0.4) is 0 Å². The number of carbonyl (C=O) groups is 1. The lowest BCUT2D eigenvalue weighted by Crippen LogP contribution is -2.32. The van der Waals surface area contributed by atoms with Gasteiger partial charge in [0.2, 0.25) is 10.0 Å². The maximum absolute atomic E-state index is 11.9. The van der Waals surface area contributed by atoms with E-state index in [1.807, 2.05) is 0 Å². The minimum absolute atomic E-state index is 0.106. The van der Waals surface area contributed by atoms with Crippen molar-refractivity contribution in [3.8, 4) is 0 Å². The van der Waals surface area contributed by atoms with Crippen LogP contribution in [-0.4, -0.2) is 35.7 Å². The lowest BCUT2D eigenvalue weighted by molar-refractivity contribution is -0.138. The van der Waals surface area contributed by atoms with E-state index >= 15 is 0 Å². The monoisotopic (exact) mass is 440 g/mol. The molecule has 1 aromatic carbocycles. The molecule has 0 saturated carbocycles. The number of nitrogens with two attached hydrogens (primary N) is 1. The van der Waals surface area contributed by atoms with Crippen LogP contribution in [0.5, 0.6) is 0 Å². The third kappa shape index (κ3) is 7.41. The zero-order valence-corrected chi connectivity index (χ0v) is 15.1. The first-order chi connectivity index (χ1) is 10.3. The summed E-state index contributed by atoms with van der Waals surface area (Å²) in [5, 5.41) is 8.75. The van der Waals surface area contributed by atoms with E-state index in [4.69, 9.17) is 10.8 Å². The molecule has 4 N–H and O–H groups in total. The van der Waals surface area contributed by atoms with Crippen LogP contribution in [0.25, 0.3) is 0 Å². The van der Waals surface area contributed by atoms with E-state index in [-0.39, 0.29) is 12.2 Å². The molecule has 0 spiro atoms. The summed E-state index contributed by atoms with van der Waals surface area (Å²) in [6, 6.07) is 5.63. The standard InChI is InChI=1S/C14H21IN2O4S/c15-8-2-1-3-9-22(20,21)17-12-6-4-11(5-7-12)10-13(16)14(18)19/h4-7,13,17H,1-3,8-10,16H2,(H,18,19)/t13-/m0/s1. The summed E-state index contributed by atoms with van der Waals surface area (Å²) in [5.41, 5.74) is 6.68. The van der Waals surface area contributed by atoms with Crippen molar-refractivity contribution in [1.29, 1.82) is 0 Å². The van der Waals surface area contributed by atoms with Crippen molar-refractivity contribution in [2.45, 2.75) is 31.7 Å². The van der Waals surface area contributed by atoms with Crippen molar-refractivity contribution in [1.82, 2.24) is 0 Å². The van der Waals surface area contributed by atoms with Crippen LogP contribution in [0.1, 0.15) is 24.8 Å². The van der Waals surface area contributed by atoms with Gasteiger partial charge in [-0.15, -0.1) is 0 Å². The van der Waals surface area contributed by atoms with Gasteiger partial charge in [0.25, 0.3) is 0 Å². The largest absolute Gasteiger partial charge is 0.480 e. The molecule has 0 bridgehead atoms. The number of anilines is 1. The molecule has 8 heteroatoms. The van der Waals surface area contributed by atoms with E-state index in [0.29, 0.717) is 12.1 Å². The van der Waals surface area contributed by atoms with Crippen LogP contribution in [0, 0.1) is 0 Å². The third-order valence-corrected chi connectivity index (χ3v) is 5.18. The minimum Gasteiger partial charge on any atom is -0.480 e. The Bertz CT molecular complexity index is 575. The molecule has 1 rings (SSSR count). The highest BCUT2D eigenvalue weighted by Gasteiger charge is 2.13. The molecule has 22 heavy (non-hydrogen) atoms. The van der Waals surface area contributed by atoms with E-state index in [2.05, 4.69) is 27.3 Å². The molecule has 124 valence electrons. The Morgan fingerprint density at radius 2 is 1.86 bits per heavy atom. The first-order valence-electron chi connectivity index (χ1n) is 6.98. The highest BCUT2D eigenvalue weighted by molar-refractivity contribution is 14.1. The van der Waals surface area contributed by atoms with Gasteiger partial charge in [0.1, 0.15) is 6.04 Å². The summed E-state index contributed by atoms with van der Waals surface area (Å²) in [4.78, 5) is 10.7. The Morgan fingerprint density at radius 1 is 1.23 bits per heavy atom. The quantitative estimate of drug-likeness (QED) is 0.293. The summed E-state index contributed by atoms with van der Waals surface area (Å²) in [7, 11) is -3.34. The molecule has 0 unspecified atom stereocenters. The van der Waals surface area contributed by atoms with Gasteiger partial charge in [-0.2, -0.15) is 0 Å². The number of benzene rings is 1. The number of nitrogens with one attached hydrogen (secondary N) is 1. The first kappa shape index (κ1) is 19.2. The van der Waals surface area contributed by atoms with Crippen LogP contribution < -0.4 is 10.5 Å². The number of aliphatic carboxylic acids is 1. The van der Waals surface area contributed by atoms with Crippen molar-refractivity contribution >= 4 is 44.3 Å². The van der Waals surface area contributed by atoms with E-state index < -0.39 is 22.0 Å². The molecule has 0 saturated heterocycles. The number of carboxylic acids is 1. The first-order valence-corrected chi connectivity index (χ1v) is 10.2. The zero-order chi connectivity index (χ0) is 16.6. The SMILES string of the molecule is N[C@@H](Cc1ccc(NS(=O)(=O)CCCCCI)cc1)C(=O)O. The number of hydrogen-bond acceptors (Lipinski definition) is 4. The summed E-state index contributed by atoms with van der Waals surface area (Å²) in [6.07, 6.45) is 2.77. The number of halogens is 1. The molecule has 0 amide bonds. The predicted molar refractivity (Wildman–Crippen MR) is 95.9 cm³/mol. The van der Waals surface area contributed by atoms with Crippen LogP contribution in [0.2, 0.25) is 0 Å². The van der Waals surface area contributed by atoms with Crippen molar-refractivity contribution in [2.24, 2.45) is 5.73 Å². The number of alkyl halides is 1. The topological polar surface area (TPSA) is 109 Å². The molecular formula is C14H21IN2O4S. The molecule has 0 aromatic heterocycles. The van der Waals surface area contributed by atoms with Crippen molar-refractivity contribution < 1.29 is 18.3 Å². The second-order valence-corrected chi connectivity index (χ2v) is 7.94. The predicted octanol–water partition coefficient (Wildman–Crippen LogP) is 1.99. The van der Waals surface area contributed by atoms with Crippen LogP contribution in [0.15, 0.2) is 24.3 Å². The number of unbranched alkanes of at least 4 members (excludes halogenated alkanes) is 2. The maximum Gasteiger partial charge on any atom is 0.320 e. The molecule has 0 radical (unpaired) electrons. The van der Waals surface area contributed by atoms with Gasteiger partial charge in [-0.1, -0.05) is 41.1 Å². The Kier molecular flexibility index (Phi) is 8.12. The van der Waals surface area contributed by atoms with Crippen molar-refractivity contribution in [2.75, 3.05) is 14.9 Å². The van der Waals surface area contributed by atoms with Gasteiger partial charge < -0.3 is 10.8 Å². The number of sulfonamides is 1. The summed E-state index contributed by atoms with van der Waals surface area (Å²) in [6.45, 7) is 0. The Morgan fingerprint density at radius 3 is 2.41 bits per heavy atom. The number of hydrogen-bond donors (Lipinski definition) is 3. The normalized spacial score (nSPS) is 12.8. The lowest BCUT2D eigenvalue weighted by atomic mass is 10.1. The minimum atomic E-state index is -3.34. The van der Waals surface area contributed by atoms with Gasteiger partial charge in [0.05, 0.1) is 5.75 Å². The molecule has 0 fully saturated rings. The maximum atomic E-state index is 11.9. The molecule has 0 aliphatic rings. The zero-order valence-electron chi connectivity index (χ0n) is 12.2. The average Bonchev–Trinajstić information content (AvgIpc) is 2.45. The fourth-order valence-corrected chi connectivity index (χ4v) is 3.56. The highest BCUT2D eigenvalue weighted by Crippen LogP contribution is 2.13. The summed E-state index contributed by atoms with van der Waals surface area (Å²) in [5.74, 6) is -0.953. The van der Waals surface area contributed by atoms with Gasteiger partial charge >= 0.3 is 5.97 Å². The molecule has 0 aliphatic carbocycles. The van der Waals surface area contributed by atoms with Gasteiger partial charge in [0, 0.05) is 5.69 Å². The second-order valence-electron chi connectivity index (χ2n) is 5.02. The molecule has 1 atom stereocenters. The van der Waals surface area contributed by atoms with Gasteiger partial charge in [-0.3, -0.25) is 9.52 Å². The van der Waals surface area contributed by atoms with E-state index in [9.17, 15) is 13.2 Å². The highest BCUT2D eigenvalue weighted by atomic mass is 127. The van der Waals surface area contributed by atoms with E-state index in [1.54, 1.807) is 24.3 Å². The third-order valence-electron chi connectivity index (χ3n) is 3.05. The Hall–Kier alpha value is -0.870. The molecule has 0 heterocycles. The fourth-order valence-electron chi connectivity index (χ4n) is 1.84. The van der Waals surface area contributed by atoms with Crippen LogP contribution >= 0.6 is 22.6 Å². The smallest absolute Gasteiger partial charge is 0.320 e. The summed E-state index contributed by atoms with van der Waals surface area (Å²) < 4.78 is 27.4. The molecule has 0 aliphatic heterocycles. The van der Waals surface area contributed by atoms with Crippen molar-refractivity contribution in [3.05, 3.63) is 29.8 Å². The van der Waals surface area contributed by atoms with Crippen molar-refractivity contribution in [3.63, 3.8) is 0 Å².